The minimum Gasteiger partial charge on any atom is -0.481 e. The molecule has 1 aromatic heterocycles. The van der Waals surface area contributed by atoms with Crippen molar-refractivity contribution in [3.8, 4) is 11.6 Å². The first-order chi connectivity index (χ1) is 7.39. The van der Waals surface area contributed by atoms with Crippen LogP contribution in [-0.2, 0) is 5.88 Å². The van der Waals surface area contributed by atoms with E-state index in [9.17, 15) is 13.2 Å². The van der Waals surface area contributed by atoms with Gasteiger partial charge < -0.3 is 9.47 Å². The number of methoxy groups -OCH3 is 1. The molecule has 0 aliphatic carbocycles. The molecule has 0 bridgehead atoms. The van der Waals surface area contributed by atoms with E-state index < -0.39 is 6.36 Å². The second-order valence-electron chi connectivity index (χ2n) is 2.92. The summed E-state index contributed by atoms with van der Waals surface area (Å²) in [5.41, 5.74) is 0.644. The summed E-state index contributed by atoms with van der Waals surface area (Å²) in [6.45, 7) is 1.46. The van der Waals surface area contributed by atoms with E-state index in [2.05, 4.69) is 9.72 Å². The first kappa shape index (κ1) is 12.9. The first-order valence-electron chi connectivity index (χ1n) is 4.23. The van der Waals surface area contributed by atoms with Crippen LogP contribution in [0.1, 0.15) is 11.1 Å². The maximum Gasteiger partial charge on any atom is 0.573 e. The molecule has 0 fully saturated rings. The molecule has 3 nitrogen and oxygen atoms in total. The van der Waals surface area contributed by atoms with Crippen molar-refractivity contribution >= 4 is 11.6 Å². The van der Waals surface area contributed by atoms with Crippen molar-refractivity contribution < 1.29 is 22.6 Å². The molecule has 16 heavy (non-hydrogen) atoms. The number of hydrogen-bond donors (Lipinski definition) is 0. The Morgan fingerprint density at radius 1 is 1.44 bits per heavy atom. The maximum absolute atomic E-state index is 12.0. The van der Waals surface area contributed by atoms with Crippen LogP contribution in [0.4, 0.5) is 13.2 Å². The summed E-state index contributed by atoms with van der Waals surface area (Å²) in [5, 5.41) is 0. The summed E-state index contributed by atoms with van der Waals surface area (Å²) in [6.07, 6.45) is -3.79. The van der Waals surface area contributed by atoms with Gasteiger partial charge in [-0.15, -0.1) is 24.8 Å². The lowest BCUT2D eigenvalue weighted by molar-refractivity contribution is -0.275. The maximum atomic E-state index is 12.0. The highest BCUT2D eigenvalue weighted by atomic mass is 35.5. The van der Waals surface area contributed by atoms with Crippen molar-refractivity contribution in [2.75, 3.05) is 7.11 Å². The zero-order chi connectivity index (χ0) is 12.3. The molecule has 0 saturated heterocycles. The van der Waals surface area contributed by atoms with E-state index in [-0.39, 0.29) is 23.1 Å². The molecule has 0 saturated carbocycles. The number of ether oxygens (including phenoxy) is 2. The highest BCUT2D eigenvalue weighted by molar-refractivity contribution is 6.17. The summed E-state index contributed by atoms with van der Waals surface area (Å²) in [6, 6.07) is 0. The number of alkyl halides is 4. The van der Waals surface area contributed by atoms with Gasteiger partial charge >= 0.3 is 6.36 Å². The molecule has 90 valence electrons. The topological polar surface area (TPSA) is 31.4 Å². The Hall–Kier alpha value is -1.17. The second kappa shape index (κ2) is 4.78. The first-order valence-corrected chi connectivity index (χ1v) is 4.76. The monoisotopic (exact) mass is 255 g/mol. The highest BCUT2D eigenvalue weighted by Crippen LogP contribution is 2.31. The highest BCUT2D eigenvalue weighted by Gasteiger charge is 2.32. The zero-order valence-corrected chi connectivity index (χ0v) is 9.32. The smallest absolute Gasteiger partial charge is 0.481 e. The molecule has 0 aliphatic rings. The van der Waals surface area contributed by atoms with Gasteiger partial charge in [0, 0.05) is 11.1 Å². The molecule has 0 aliphatic heterocycles. The molecule has 0 unspecified atom stereocenters. The molecule has 7 heteroatoms. The minimum atomic E-state index is -4.75. The van der Waals surface area contributed by atoms with Crippen molar-refractivity contribution in [1.82, 2.24) is 4.98 Å². The number of nitrogens with zero attached hydrogens (tertiary/aromatic N) is 1. The Kier molecular flexibility index (Phi) is 3.85. The molecular formula is C9H9ClF3NO2. The second-order valence-corrected chi connectivity index (χ2v) is 3.18. The van der Waals surface area contributed by atoms with Gasteiger partial charge in [-0.2, -0.15) is 0 Å². The Labute approximate surface area is 95.1 Å². The number of halogens is 4. The molecule has 1 aromatic rings. The largest absolute Gasteiger partial charge is 0.573 e. The van der Waals surface area contributed by atoms with Crippen LogP contribution in [0.3, 0.4) is 0 Å². The zero-order valence-electron chi connectivity index (χ0n) is 8.56. The Morgan fingerprint density at radius 3 is 2.50 bits per heavy atom. The third kappa shape index (κ3) is 2.91. The van der Waals surface area contributed by atoms with Gasteiger partial charge in [0.1, 0.15) is 0 Å². The van der Waals surface area contributed by atoms with E-state index in [0.29, 0.717) is 5.56 Å². The average Bonchev–Trinajstić information content (AvgIpc) is 2.19. The third-order valence-corrected chi connectivity index (χ3v) is 2.20. The van der Waals surface area contributed by atoms with Gasteiger partial charge in [-0.3, -0.25) is 0 Å². The summed E-state index contributed by atoms with van der Waals surface area (Å²) in [7, 11) is 1.36. The number of rotatable bonds is 3. The lowest BCUT2D eigenvalue weighted by Gasteiger charge is -2.14. The fourth-order valence-electron chi connectivity index (χ4n) is 1.16. The fourth-order valence-corrected chi connectivity index (χ4v) is 1.48. The summed E-state index contributed by atoms with van der Waals surface area (Å²) in [5.74, 6) is -0.178. The molecular weight excluding hydrogens is 247 g/mol. The van der Waals surface area contributed by atoms with E-state index in [1.165, 1.54) is 14.0 Å². The number of aromatic nitrogens is 1. The van der Waals surface area contributed by atoms with E-state index in [4.69, 9.17) is 16.3 Å². The molecule has 0 N–H and O–H groups in total. The molecule has 0 amide bonds. The number of hydrogen-bond acceptors (Lipinski definition) is 3. The van der Waals surface area contributed by atoms with Crippen LogP contribution >= 0.6 is 11.6 Å². The minimum absolute atomic E-state index is 0.00291. The predicted molar refractivity (Wildman–Crippen MR) is 51.8 cm³/mol. The van der Waals surface area contributed by atoms with Crippen LogP contribution in [-0.4, -0.2) is 18.5 Å². The third-order valence-electron chi connectivity index (χ3n) is 1.93. The van der Waals surface area contributed by atoms with Crippen molar-refractivity contribution in [1.29, 1.82) is 0 Å². The van der Waals surface area contributed by atoms with Gasteiger partial charge in [0.25, 0.3) is 0 Å². The van der Waals surface area contributed by atoms with Crippen LogP contribution in [0.15, 0.2) is 6.20 Å². The van der Waals surface area contributed by atoms with Gasteiger partial charge in [-0.05, 0) is 6.92 Å². The molecule has 0 radical (unpaired) electrons. The Morgan fingerprint density at radius 2 is 2.06 bits per heavy atom. The van der Waals surface area contributed by atoms with Gasteiger partial charge in [0.2, 0.25) is 5.88 Å². The lowest BCUT2D eigenvalue weighted by Crippen LogP contribution is -2.18. The van der Waals surface area contributed by atoms with Crippen molar-refractivity contribution in [3.63, 3.8) is 0 Å². The van der Waals surface area contributed by atoms with Crippen LogP contribution in [0.25, 0.3) is 0 Å². The standard InChI is InChI=1S/C9H9ClF3NO2/c1-5-6(3-10)8(15-2)14-4-7(5)16-9(11,12)13/h4H,3H2,1-2H3. The molecule has 0 spiro atoms. The van der Waals surface area contributed by atoms with E-state index in [0.717, 1.165) is 6.20 Å². The molecule has 1 heterocycles. The van der Waals surface area contributed by atoms with Gasteiger partial charge in [0.15, 0.2) is 5.75 Å². The molecule has 0 atom stereocenters. The van der Waals surface area contributed by atoms with Gasteiger partial charge in [-0.1, -0.05) is 0 Å². The summed E-state index contributed by atoms with van der Waals surface area (Å²) < 4.78 is 44.7. The SMILES string of the molecule is COc1ncc(OC(F)(F)F)c(C)c1CCl. The van der Waals surface area contributed by atoms with Crippen molar-refractivity contribution in [2.24, 2.45) is 0 Å². The molecule has 0 aromatic carbocycles. The normalized spacial score (nSPS) is 11.4. The quantitative estimate of drug-likeness (QED) is 0.778. The van der Waals surface area contributed by atoms with Crippen LogP contribution in [0, 0.1) is 6.92 Å². The molecule has 1 rings (SSSR count). The van der Waals surface area contributed by atoms with Gasteiger partial charge in [0.05, 0.1) is 19.2 Å². The Balaban J connectivity index is 3.14. The van der Waals surface area contributed by atoms with E-state index in [1.807, 2.05) is 0 Å². The van der Waals surface area contributed by atoms with Crippen LogP contribution in [0.2, 0.25) is 0 Å². The summed E-state index contributed by atoms with van der Waals surface area (Å²) >= 11 is 5.60. The number of pyridine rings is 1. The van der Waals surface area contributed by atoms with Crippen molar-refractivity contribution in [2.45, 2.75) is 19.2 Å². The van der Waals surface area contributed by atoms with E-state index in [1.54, 1.807) is 0 Å². The van der Waals surface area contributed by atoms with E-state index >= 15 is 0 Å². The fraction of sp³-hybridized carbons (Fsp3) is 0.444. The summed E-state index contributed by atoms with van der Waals surface area (Å²) in [4.78, 5) is 3.68. The van der Waals surface area contributed by atoms with Gasteiger partial charge in [-0.25, -0.2) is 4.98 Å². The van der Waals surface area contributed by atoms with Crippen LogP contribution in [0.5, 0.6) is 11.6 Å². The van der Waals surface area contributed by atoms with Crippen molar-refractivity contribution in [3.05, 3.63) is 17.3 Å². The average molecular weight is 256 g/mol. The van der Waals surface area contributed by atoms with Crippen LogP contribution < -0.4 is 9.47 Å². The predicted octanol–water partition coefficient (Wildman–Crippen LogP) is 3.04. The Bertz CT molecular complexity index is 382. The lowest BCUT2D eigenvalue weighted by atomic mass is 10.1.